The Labute approximate surface area is 143 Å². The van der Waals surface area contributed by atoms with E-state index < -0.39 is 0 Å². The molecule has 0 unspecified atom stereocenters. The first-order chi connectivity index (χ1) is 10.1. The summed E-state index contributed by atoms with van der Waals surface area (Å²) >= 11 is 7.74. The minimum atomic E-state index is -0.00909. The van der Waals surface area contributed by atoms with Crippen molar-refractivity contribution < 1.29 is 4.79 Å². The smallest absolute Gasteiger partial charge is 0.230 e. The number of hydrogen-bond donors (Lipinski definition) is 2. The maximum atomic E-state index is 11.7. The van der Waals surface area contributed by atoms with Crippen LogP contribution < -0.4 is 11.1 Å². The Hall–Kier alpha value is -0.770. The molecule has 3 N–H and O–H groups in total. The number of rotatable bonds is 7. The van der Waals surface area contributed by atoms with E-state index in [2.05, 4.69) is 31.4 Å². The fourth-order valence-corrected chi connectivity index (χ4v) is 3.85. The SMILES string of the molecule is Nc1nnc(SCC(=O)NCCSc2ccc(Br)cc2)s1. The Morgan fingerprint density at radius 2 is 2.05 bits per heavy atom. The number of amides is 1. The summed E-state index contributed by atoms with van der Waals surface area (Å²) in [6.45, 7) is 0.637. The summed E-state index contributed by atoms with van der Waals surface area (Å²) in [5.74, 6) is 1.16. The average Bonchev–Trinajstić information content (AvgIpc) is 2.89. The molecule has 0 radical (unpaired) electrons. The molecule has 0 atom stereocenters. The molecule has 0 saturated carbocycles. The van der Waals surface area contributed by atoms with Crippen LogP contribution >= 0.6 is 50.8 Å². The van der Waals surface area contributed by atoms with Gasteiger partial charge in [-0.1, -0.05) is 39.0 Å². The van der Waals surface area contributed by atoms with Gasteiger partial charge in [-0.15, -0.1) is 22.0 Å². The Morgan fingerprint density at radius 3 is 2.71 bits per heavy atom. The van der Waals surface area contributed by atoms with Crippen LogP contribution in [0.2, 0.25) is 0 Å². The van der Waals surface area contributed by atoms with Crippen molar-refractivity contribution in [1.82, 2.24) is 15.5 Å². The quantitative estimate of drug-likeness (QED) is 0.545. The van der Waals surface area contributed by atoms with Crippen molar-refractivity contribution >= 4 is 61.8 Å². The summed E-state index contributed by atoms with van der Waals surface area (Å²) in [5, 5.41) is 10.8. The van der Waals surface area contributed by atoms with Gasteiger partial charge in [0.15, 0.2) is 4.34 Å². The lowest BCUT2D eigenvalue weighted by molar-refractivity contribution is -0.118. The van der Waals surface area contributed by atoms with Crippen LogP contribution in [0, 0.1) is 0 Å². The molecule has 1 aromatic heterocycles. The first kappa shape index (κ1) is 16.6. The molecule has 112 valence electrons. The number of aromatic nitrogens is 2. The van der Waals surface area contributed by atoms with Crippen molar-refractivity contribution in [2.45, 2.75) is 9.24 Å². The van der Waals surface area contributed by atoms with Crippen LogP contribution in [-0.4, -0.2) is 34.2 Å². The largest absolute Gasteiger partial charge is 0.374 e. The van der Waals surface area contributed by atoms with Gasteiger partial charge in [0, 0.05) is 21.7 Å². The van der Waals surface area contributed by atoms with E-state index in [1.54, 1.807) is 11.8 Å². The summed E-state index contributed by atoms with van der Waals surface area (Å²) < 4.78 is 1.78. The van der Waals surface area contributed by atoms with E-state index in [0.717, 1.165) is 10.2 Å². The number of benzene rings is 1. The first-order valence-electron chi connectivity index (χ1n) is 6.00. The molecule has 21 heavy (non-hydrogen) atoms. The molecule has 1 heterocycles. The first-order valence-corrected chi connectivity index (χ1v) is 9.58. The van der Waals surface area contributed by atoms with Gasteiger partial charge in [0.05, 0.1) is 5.75 Å². The fourth-order valence-electron chi connectivity index (χ4n) is 1.35. The standard InChI is InChI=1S/C12H13BrN4OS3/c13-8-1-3-9(4-2-8)19-6-5-15-10(18)7-20-12-17-16-11(14)21-12/h1-4H,5-7H2,(H2,14,16)(H,15,18). The number of nitrogens with two attached hydrogens (primary N) is 1. The number of thioether (sulfide) groups is 2. The predicted octanol–water partition coefficient (Wildman–Crippen LogP) is 2.88. The van der Waals surface area contributed by atoms with E-state index in [1.807, 2.05) is 24.3 Å². The van der Waals surface area contributed by atoms with Gasteiger partial charge in [0.1, 0.15) is 0 Å². The van der Waals surface area contributed by atoms with E-state index >= 15 is 0 Å². The summed E-state index contributed by atoms with van der Waals surface area (Å²) in [7, 11) is 0. The minimum Gasteiger partial charge on any atom is -0.374 e. The van der Waals surface area contributed by atoms with Crippen LogP contribution in [0.5, 0.6) is 0 Å². The molecule has 9 heteroatoms. The van der Waals surface area contributed by atoms with Crippen molar-refractivity contribution in [3.63, 3.8) is 0 Å². The topological polar surface area (TPSA) is 80.9 Å². The second-order valence-corrected chi connectivity index (χ2v) is 8.16. The van der Waals surface area contributed by atoms with E-state index in [9.17, 15) is 4.79 Å². The van der Waals surface area contributed by atoms with Gasteiger partial charge in [0.2, 0.25) is 11.0 Å². The lowest BCUT2D eigenvalue weighted by Gasteiger charge is -2.04. The van der Waals surface area contributed by atoms with Crippen molar-refractivity contribution in [3.05, 3.63) is 28.7 Å². The highest BCUT2D eigenvalue weighted by Gasteiger charge is 2.06. The third kappa shape index (κ3) is 6.25. The highest BCUT2D eigenvalue weighted by atomic mass is 79.9. The Balaban J connectivity index is 1.59. The third-order valence-corrected chi connectivity index (χ3v) is 5.68. The highest BCUT2D eigenvalue weighted by Crippen LogP contribution is 2.23. The molecule has 0 bridgehead atoms. The number of nitrogens with one attached hydrogen (secondary N) is 1. The van der Waals surface area contributed by atoms with Gasteiger partial charge in [0.25, 0.3) is 0 Å². The zero-order chi connectivity index (χ0) is 15.1. The zero-order valence-electron chi connectivity index (χ0n) is 10.9. The molecule has 0 aliphatic rings. The van der Waals surface area contributed by atoms with E-state index in [0.29, 0.717) is 21.8 Å². The fraction of sp³-hybridized carbons (Fsp3) is 0.250. The van der Waals surface area contributed by atoms with Gasteiger partial charge in [-0.05, 0) is 24.3 Å². The van der Waals surface area contributed by atoms with Crippen molar-refractivity contribution in [2.24, 2.45) is 0 Å². The number of carbonyl (C=O) groups is 1. The normalized spacial score (nSPS) is 10.5. The molecular formula is C12H13BrN4OS3. The van der Waals surface area contributed by atoms with Crippen LogP contribution in [-0.2, 0) is 4.79 Å². The van der Waals surface area contributed by atoms with Crippen LogP contribution in [0.4, 0.5) is 5.13 Å². The summed E-state index contributed by atoms with van der Waals surface area (Å²) in [5.41, 5.74) is 5.47. The number of hydrogen-bond acceptors (Lipinski definition) is 7. The maximum absolute atomic E-state index is 11.7. The zero-order valence-corrected chi connectivity index (χ0v) is 14.9. The van der Waals surface area contributed by atoms with Crippen LogP contribution in [0.25, 0.3) is 0 Å². The molecule has 1 amide bonds. The summed E-state index contributed by atoms with van der Waals surface area (Å²) in [6.07, 6.45) is 0. The van der Waals surface area contributed by atoms with E-state index in [4.69, 9.17) is 5.73 Å². The number of halogens is 1. The molecule has 1 aromatic carbocycles. The van der Waals surface area contributed by atoms with E-state index in [-0.39, 0.29) is 5.91 Å². The van der Waals surface area contributed by atoms with Gasteiger partial charge in [-0.2, -0.15) is 0 Å². The van der Waals surface area contributed by atoms with E-state index in [1.165, 1.54) is 28.0 Å². The van der Waals surface area contributed by atoms with Gasteiger partial charge >= 0.3 is 0 Å². The molecule has 5 nitrogen and oxygen atoms in total. The lowest BCUT2D eigenvalue weighted by Crippen LogP contribution is -2.27. The van der Waals surface area contributed by atoms with Gasteiger partial charge in [-0.25, -0.2) is 0 Å². The molecule has 0 aliphatic heterocycles. The molecular weight excluding hydrogens is 392 g/mol. The van der Waals surface area contributed by atoms with Crippen LogP contribution in [0.3, 0.4) is 0 Å². The van der Waals surface area contributed by atoms with Crippen LogP contribution in [0.15, 0.2) is 38.0 Å². The Morgan fingerprint density at radius 1 is 1.29 bits per heavy atom. The highest BCUT2D eigenvalue weighted by molar-refractivity contribution is 9.10. The van der Waals surface area contributed by atoms with Crippen molar-refractivity contribution in [2.75, 3.05) is 23.8 Å². The van der Waals surface area contributed by atoms with Crippen molar-refractivity contribution in [1.29, 1.82) is 0 Å². The summed E-state index contributed by atoms with van der Waals surface area (Å²) in [4.78, 5) is 12.8. The molecule has 2 rings (SSSR count). The minimum absolute atomic E-state index is 0.00909. The second-order valence-electron chi connectivity index (χ2n) is 3.85. The number of carbonyl (C=O) groups excluding carboxylic acids is 1. The predicted molar refractivity (Wildman–Crippen MR) is 92.9 cm³/mol. The molecule has 2 aromatic rings. The monoisotopic (exact) mass is 404 g/mol. The third-order valence-electron chi connectivity index (χ3n) is 2.26. The molecule has 0 fully saturated rings. The number of nitrogens with zero attached hydrogens (tertiary/aromatic N) is 2. The Bertz CT molecular complexity index is 590. The van der Waals surface area contributed by atoms with Gasteiger partial charge < -0.3 is 11.1 Å². The van der Waals surface area contributed by atoms with Gasteiger partial charge in [-0.3, -0.25) is 4.79 Å². The van der Waals surface area contributed by atoms with Crippen LogP contribution in [0.1, 0.15) is 0 Å². The Kier molecular flexibility index (Phi) is 6.81. The molecule has 0 spiro atoms. The number of anilines is 1. The lowest BCUT2D eigenvalue weighted by atomic mass is 10.4. The maximum Gasteiger partial charge on any atom is 0.230 e. The number of nitrogen functional groups attached to an aromatic ring is 1. The second kappa shape index (κ2) is 8.62. The molecule has 0 aliphatic carbocycles. The molecule has 0 saturated heterocycles. The van der Waals surface area contributed by atoms with Crippen molar-refractivity contribution in [3.8, 4) is 0 Å². The average molecular weight is 405 g/mol. The summed E-state index contributed by atoms with van der Waals surface area (Å²) in [6, 6.07) is 8.11.